The van der Waals surface area contributed by atoms with Crippen LogP contribution in [-0.2, 0) is 0 Å². The number of hydrogen-bond donors (Lipinski definition) is 2. The molecule has 0 fully saturated rings. The molecule has 2 N–H and O–H groups in total. The summed E-state index contributed by atoms with van der Waals surface area (Å²) in [6, 6.07) is 2.31. The fraction of sp³-hybridized carbons (Fsp3) is 0.538. The Kier molecular flexibility index (Phi) is 6.18. The Morgan fingerprint density at radius 3 is 2.61 bits per heavy atom. The molecule has 0 saturated heterocycles. The van der Waals surface area contributed by atoms with E-state index in [1.807, 2.05) is 0 Å². The molecule has 2 unspecified atom stereocenters. The summed E-state index contributed by atoms with van der Waals surface area (Å²) in [5.74, 6) is -1.66. The molecule has 102 valence electrons. The predicted molar refractivity (Wildman–Crippen MR) is 71.4 cm³/mol. The first-order valence-electron chi connectivity index (χ1n) is 5.98. The van der Waals surface area contributed by atoms with E-state index < -0.39 is 11.6 Å². The quantitative estimate of drug-likeness (QED) is 0.620. The number of rotatable bonds is 6. The van der Waals surface area contributed by atoms with E-state index in [-0.39, 0.29) is 12.1 Å². The maximum absolute atomic E-state index is 13.7. The molecule has 0 aliphatic heterocycles. The van der Waals surface area contributed by atoms with Crippen molar-refractivity contribution in [1.82, 2.24) is 5.32 Å². The third-order valence-electron chi connectivity index (χ3n) is 2.76. The highest BCUT2D eigenvalue weighted by Crippen LogP contribution is 2.27. The van der Waals surface area contributed by atoms with Crippen molar-refractivity contribution in [2.45, 2.75) is 38.8 Å². The molecule has 18 heavy (non-hydrogen) atoms. The largest absolute Gasteiger partial charge is 0.393 e. The van der Waals surface area contributed by atoms with Gasteiger partial charge >= 0.3 is 0 Å². The highest BCUT2D eigenvalue weighted by atomic mass is 79.9. The van der Waals surface area contributed by atoms with Crippen LogP contribution in [0.2, 0.25) is 0 Å². The number of aliphatic hydroxyl groups is 1. The Morgan fingerprint density at radius 2 is 2.00 bits per heavy atom. The van der Waals surface area contributed by atoms with Gasteiger partial charge in [-0.05, 0) is 45.4 Å². The highest BCUT2D eigenvalue weighted by molar-refractivity contribution is 9.10. The summed E-state index contributed by atoms with van der Waals surface area (Å²) in [6.07, 6.45) is 1.14. The van der Waals surface area contributed by atoms with Crippen molar-refractivity contribution in [3.8, 4) is 0 Å². The van der Waals surface area contributed by atoms with Crippen LogP contribution in [0.25, 0.3) is 0 Å². The van der Waals surface area contributed by atoms with Gasteiger partial charge in [0.05, 0.1) is 6.10 Å². The minimum absolute atomic E-state index is 0.288. The molecule has 0 amide bonds. The molecule has 1 aromatic carbocycles. The zero-order valence-corrected chi connectivity index (χ0v) is 12.1. The molecule has 1 aromatic rings. The number of hydrogen-bond acceptors (Lipinski definition) is 2. The average Bonchev–Trinajstić information content (AvgIpc) is 2.30. The van der Waals surface area contributed by atoms with Gasteiger partial charge in [0.2, 0.25) is 0 Å². The van der Waals surface area contributed by atoms with Gasteiger partial charge in [0, 0.05) is 16.1 Å². The Balaban J connectivity index is 2.61. The Bertz CT molecular complexity index is 399. The average molecular weight is 322 g/mol. The molecule has 0 spiro atoms. The van der Waals surface area contributed by atoms with Gasteiger partial charge in [-0.25, -0.2) is 8.78 Å². The number of nitrogens with one attached hydrogen (secondary N) is 1. The highest BCUT2D eigenvalue weighted by Gasteiger charge is 2.17. The summed E-state index contributed by atoms with van der Waals surface area (Å²) >= 11 is 3.23. The van der Waals surface area contributed by atoms with E-state index in [0.717, 1.165) is 12.5 Å². The lowest BCUT2D eigenvalue weighted by Crippen LogP contribution is -2.22. The van der Waals surface area contributed by atoms with Crippen LogP contribution in [0, 0.1) is 11.6 Å². The number of aliphatic hydroxyl groups excluding tert-OH is 1. The summed E-state index contributed by atoms with van der Waals surface area (Å²) in [7, 11) is 0. The first kappa shape index (κ1) is 15.5. The molecular weight excluding hydrogens is 304 g/mol. The Hall–Kier alpha value is -0.520. The van der Waals surface area contributed by atoms with Crippen LogP contribution < -0.4 is 5.32 Å². The third kappa shape index (κ3) is 4.30. The van der Waals surface area contributed by atoms with Crippen molar-refractivity contribution < 1.29 is 13.9 Å². The number of benzene rings is 1. The predicted octanol–water partition coefficient (Wildman–Crippen LogP) is 3.54. The van der Waals surface area contributed by atoms with Gasteiger partial charge in [0.15, 0.2) is 11.6 Å². The van der Waals surface area contributed by atoms with E-state index >= 15 is 0 Å². The molecule has 2 nitrogen and oxygen atoms in total. The van der Waals surface area contributed by atoms with Gasteiger partial charge in [0.1, 0.15) is 0 Å². The molecule has 0 bridgehead atoms. The van der Waals surface area contributed by atoms with Gasteiger partial charge in [-0.3, -0.25) is 0 Å². The standard InChI is InChI=1S/C13H18BrF2NO/c1-8(18)4-3-7-17-9(2)12-10(14)5-6-11(15)13(12)16/h5-6,8-9,17-18H,3-4,7H2,1-2H3. The number of halogens is 3. The second-order valence-corrected chi connectivity index (χ2v) is 5.28. The zero-order chi connectivity index (χ0) is 13.7. The van der Waals surface area contributed by atoms with Crippen molar-refractivity contribution >= 4 is 15.9 Å². The fourth-order valence-corrected chi connectivity index (χ4v) is 2.41. The molecule has 5 heteroatoms. The molecule has 0 aliphatic rings. The van der Waals surface area contributed by atoms with E-state index in [9.17, 15) is 8.78 Å². The van der Waals surface area contributed by atoms with Gasteiger partial charge in [-0.1, -0.05) is 15.9 Å². The zero-order valence-electron chi connectivity index (χ0n) is 10.5. The molecular formula is C13H18BrF2NO. The van der Waals surface area contributed by atoms with Gasteiger partial charge < -0.3 is 10.4 Å². The second kappa shape index (κ2) is 7.16. The Labute approximate surface area is 115 Å². The first-order chi connectivity index (χ1) is 8.43. The summed E-state index contributed by atoms with van der Waals surface area (Å²) < 4.78 is 27.4. The minimum atomic E-state index is -0.842. The van der Waals surface area contributed by atoms with Crippen LogP contribution in [0.15, 0.2) is 16.6 Å². The Morgan fingerprint density at radius 1 is 1.33 bits per heavy atom. The van der Waals surface area contributed by atoms with Crippen LogP contribution in [0.3, 0.4) is 0 Å². The summed E-state index contributed by atoms with van der Waals surface area (Å²) in [4.78, 5) is 0. The molecule has 2 atom stereocenters. The van der Waals surface area contributed by atoms with Crippen molar-refractivity contribution in [2.75, 3.05) is 6.54 Å². The molecule has 0 saturated carbocycles. The van der Waals surface area contributed by atoms with Crippen LogP contribution >= 0.6 is 15.9 Å². The van der Waals surface area contributed by atoms with Crippen LogP contribution in [0.4, 0.5) is 8.78 Å². The van der Waals surface area contributed by atoms with Crippen molar-refractivity contribution in [3.05, 3.63) is 33.8 Å². The topological polar surface area (TPSA) is 32.3 Å². The summed E-state index contributed by atoms with van der Waals surface area (Å²) in [5.41, 5.74) is 0.298. The van der Waals surface area contributed by atoms with Gasteiger partial charge in [-0.2, -0.15) is 0 Å². The van der Waals surface area contributed by atoms with E-state index in [2.05, 4.69) is 21.2 Å². The van der Waals surface area contributed by atoms with E-state index in [1.54, 1.807) is 13.8 Å². The monoisotopic (exact) mass is 321 g/mol. The van der Waals surface area contributed by atoms with Crippen molar-refractivity contribution in [2.24, 2.45) is 0 Å². The molecule has 0 aromatic heterocycles. The molecule has 1 rings (SSSR count). The summed E-state index contributed by atoms with van der Waals surface area (Å²) in [5, 5.41) is 12.2. The third-order valence-corrected chi connectivity index (χ3v) is 3.45. The molecule has 0 heterocycles. The van der Waals surface area contributed by atoms with E-state index in [1.165, 1.54) is 6.07 Å². The first-order valence-corrected chi connectivity index (χ1v) is 6.77. The lowest BCUT2D eigenvalue weighted by Gasteiger charge is -2.17. The second-order valence-electron chi connectivity index (χ2n) is 4.42. The van der Waals surface area contributed by atoms with E-state index in [4.69, 9.17) is 5.11 Å². The van der Waals surface area contributed by atoms with Crippen LogP contribution in [0.5, 0.6) is 0 Å². The summed E-state index contributed by atoms with van der Waals surface area (Å²) in [6.45, 7) is 4.16. The van der Waals surface area contributed by atoms with E-state index in [0.29, 0.717) is 23.0 Å². The van der Waals surface area contributed by atoms with Crippen molar-refractivity contribution in [3.63, 3.8) is 0 Å². The van der Waals surface area contributed by atoms with Crippen LogP contribution in [-0.4, -0.2) is 17.8 Å². The lowest BCUT2D eigenvalue weighted by atomic mass is 10.1. The maximum atomic E-state index is 13.7. The normalized spacial score (nSPS) is 14.6. The smallest absolute Gasteiger partial charge is 0.164 e. The van der Waals surface area contributed by atoms with Gasteiger partial charge in [-0.15, -0.1) is 0 Å². The minimum Gasteiger partial charge on any atom is -0.393 e. The lowest BCUT2D eigenvalue weighted by molar-refractivity contribution is 0.181. The fourth-order valence-electron chi connectivity index (χ4n) is 1.76. The molecule has 0 radical (unpaired) electrons. The van der Waals surface area contributed by atoms with Gasteiger partial charge in [0.25, 0.3) is 0 Å². The maximum Gasteiger partial charge on any atom is 0.164 e. The van der Waals surface area contributed by atoms with Crippen molar-refractivity contribution in [1.29, 1.82) is 0 Å². The van der Waals surface area contributed by atoms with Crippen LogP contribution in [0.1, 0.15) is 38.3 Å². The SMILES string of the molecule is CC(O)CCCNC(C)c1c(Br)ccc(F)c1F. The molecule has 0 aliphatic carbocycles.